The first kappa shape index (κ1) is 26.8. The quantitative estimate of drug-likeness (QED) is 0.327. The lowest BCUT2D eigenvalue weighted by Gasteiger charge is -2.33. The molecule has 3 N–H and O–H groups in total. The molecule has 0 saturated carbocycles. The molecule has 0 aliphatic heterocycles. The van der Waals surface area contributed by atoms with Crippen molar-refractivity contribution in [2.24, 2.45) is 5.14 Å². The predicted octanol–water partition coefficient (Wildman–Crippen LogP) is 4.15. The van der Waals surface area contributed by atoms with Crippen LogP contribution in [0.1, 0.15) is 64.2 Å². The van der Waals surface area contributed by atoms with E-state index in [1.807, 2.05) is 20.8 Å². The number of sulfonamides is 1. The molecule has 28 heavy (non-hydrogen) atoms. The molecule has 0 saturated heterocycles. The van der Waals surface area contributed by atoms with Crippen LogP contribution in [0.3, 0.4) is 0 Å². The van der Waals surface area contributed by atoms with Crippen molar-refractivity contribution in [3.8, 4) is 0 Å². The number of carbonyl (C=O) groups is 1. The monoisotopic (exact) mass is 433 g/mol. The Morgan fingerprint density at radius 2 is 1.68 bits per heavy atom. The zero-order chi connectivity index (χ0) is 20.7. The lowest BCUT2D eigenvalue weighted by atomic mass is 10.2. The number of benzene rings is 1. The average Bonchev–Trinajstić information content (AvgIpc) is 2.55. The van der Waals surface area contributed by atoms with Crippen LogP contribution in [0.2, 0.25) is 0 Å². The standard InChI is InChI=1S/C18H30N2O5PS.CH4/c1-18(2,3)26(4,22)25-14-8-6-5-7-13-20-17(21)15-9-11-16(12-10-15)27(19,23)24;/h9-12H,4-8,13-14H2,1-3H3,(H,20,21)(H2,19,23,24);1H4/q-1;. The van der Waals surface area contributed by atoms with Gasteiger partial charge in [-0.25, -0.2) is 13.6 Å². The van der Waals surface area contributed by atoms with Gasteiger partial charge in [-0.2, -0.15) is 0 Å². The summed E-state index contributed by atoms with van der Waals surface area (Å²) in [6, 6.07) is 5.48. The van der Waals surface area contributed by atoms with Gasteiger partial charge in [-0.05, 0) is 37.1 Å². The zero-order valence-electron chi connectivity index (χ0n) is 16.2. The fraction of sp³-hybridized carbons (Fsp3) is 0.579. The topological polar surface area (TPSA) is 116 Å². The minimum absolute atomic E-state index is 0. The molecule has 1 aromatic rings. The summed E-state index contributed by atoms with van der Waals surface area (Å²) in [5.74, 6) is -0.262. The van der Waals surface area contributed by atoms with Gasteiger partial charge in [0.05, 0.1) is 18.9 Å². The van der Waals surface area contributed by atoms with Crippen molar-refractivity contribution in [1.82, 2.24) is 5.32 Å². The van der Waals surface area contributed by atoms with Crippen molar-refractivity contribution in [3.63, 3.8) is 0 Å². The van der Waals surface area contributed by atoms with Gasteiger partial charge in [0.1, 0.15) is 0 Å². The fourth-order valence-electron chi connectivity index (χ4n) is 2.09. The molecule has 0 radical (unpaired) electrons. The number of primary sulfonamides is 1. The van der Waals surface area contributed by atoms with E-state index in [9.17, 15) is 17.8 Å². The number of amides is 1. The third-order valence-electron chi connectivity index (χ3n) is 4.12. The molecule has 1 atom stereocenters. The Balaban J connectivity index is 0.00000729. The summed E-state index contributed by atoms with van der Waals surface area (Å²) in [6.07, 6.45) is 3.41. The molecule has 162 valence electrons. The van der Waals surface area contributed by atoms with E-state index < -0.39 is 22.5 Å². The molecule has 0 fully saturated rings. The Morgan fingerprint density at radius 3 is 2.18 bits per heavy atom. The van der Waals surface area contributed by atoms with Crippen LogP contribution in [0, 0.1) is 6.66 Å². The maximum atomic E-state index is 12.2. The Kier molecular flexibility index (Phi) is 10.6. The Bertz CT molecular complexity index is 771. The molecule has 0 aliphatic carbocycles. The molecule has 7 nitrogen and oxygen atoms in total. The van der Waals surface area contributed by atoms with Crippen molar-refractivity contribution < 1.29 is 22.3 Å². The van der Waals surface area contributed by atoms with Gasteiger partial charge >= 0.3 is 0 Å². The van der Waals surface area contributed by atoms with Crippen molar-refractivity contribution in [2.75, 3.05) is 13.2 Å². The molecule has 1 amide bonds. The molecule has 1 aromatic carbocycles. The van der Waals surface area contributed by atoms with Crippen LogP contribution in [0.4, 0.5) is 0 Å². The summed E-state index contributed by atoms with van der Waals surface area (Å²) in [6.45, 7) is 10.2. The van der Waals surface area contributed by atoms with Gasteiger partial charge in [-0.3, -0.25) is 11.5 Å². The van der Waals surface area contributed by atoms with Gasteiger partial charge < -0.3 is 14.4 Å². The average molecular weight is 434 g/mol. The summed E-state index contributed by atoms with van der Waals surface area (Å²) >= 11 is 0. The van der Waals surface area contributed by atoms with E-state index in [1.165, 1.54) is 24.3 Å². The second-order valence-corrected chi connectivity index (χ2v) is 11.9. The maximum absolute atomic E-state index is 12.2. The van der Waals surface area contributed by atoms with E-state index >= 15 is 0 Å². The van der Waals surface area contributed by atoms with Crippen molar-refractivity contribution >= 4 is 23.3 Å². The van der Waals surface area contributed by atoms with Crippen molar-refractivity contribution in [2.45, 2.75) is 63.9 Å². The highest BCUT2D eigenvalue weighted by Gasteiger charge is 2.25. The van der Waals surface area contributed by atoms with Crippen LogP contribution in [-0.2, 0) is 19.1 Å². The van der Waals surface area contributed by atoms with Crippen LogP contribution in [0.25, 0.3) is 0 Å². The molecule has 0 bridgehead atoms. The highest BCUT2D eigenvalue weighted by Crippen LogP contribution is 2.57. The van der Waals surface area contributed by atoms with Gasteiger partial charge in [-0.15, -0.1) is 0 Å². The first-order valence-electron chi connectivity index (χ1n) is 8.85. The number of unbranched alkanes of at least 4 members (excludes halogenated alkanes) is 3. The van der Waals surface area contributed by atoms with Crippen LogP contribution in [0.15, 0.2) is 29.2 Å². The summed E-state index contributed by atoms with van der Waals surface area (Å²) in [5, 5.41) is 7.35. The minimum atomic E-state index is -3.76. The Labute approximate surface area is 169 Å². The van der Waals surface area contributed by atoms with E-state index in [2.05, 4.69) is 12.0 Å². The largest absolute Gasteiger partial charge is 0.352 e. The SMILES string of the molecule is C.[CH2-]P(=O)(OCCCCCCNC(=O)c1ccc(S(N)(=O)=O)cc1)C(C)(C)C. The van der Waals surface area contributed by atoms with E-state index in [4.69, 9.17) is 9.66 Å². The highest BCUT2D eigenvalue weighted by molar-refractivity contribution is 7.89. The fourth-order valence-corrected chi connectivity index (χ4v) is 3.41. The van der Waals surface area contributed by atoms with E-state index in [-0.39, 0.29) is 18.2 Å². The summed E-state index contributed by atoms with van der Waals surface area (Å²) in [7, 11) is -6.61. The molecule has 0 aromatic heterocycles. The normalized spacial score (nSPS) is 14.0. The zero-order valence-corrected chi connectivity index (χ0v) is 17.9. The highest BCUT2D eigenvalue weighted by atomic mass is 32.2. The molecule has 0 aliphatic rings. The van der Waals surface area contributed by atoms with Crippen molar-refractivity contribution in [3.05, 3.63) is 36.5 Å². The van der Waals surface area contributed by atoms with E-state index in [0.29, 0.717) is 18.7 Å². The summed E-state index contributed by atoms with van der Waals surface area (Å²) < 4.78 is 40.1. The second kappa shape index (κ2) is 11.1. The first-order valence-corrected chi connectivity index (χ1v) is 12.2. The number of hydrogen-bond donors (Lipinski definition) is 2. The minimum Gasteiger partial charge on any atom is -0.352 e. The van der Waals surface area contributed by atoms with Gasteiger partial charge in [-0.1, -0.05) is 41.0 Å². The lowest BCUT2D eigenvalue weighted by Crippen LogP contribution is -2.24. The first-order chi connectivity index (χ1) is 12.3. The second-order valence-electron chi connectivity index (χ2n) is 7.42. The molecular weight excluding hydrogens is 399 g/mol. The van der Waals surface area contributed by atoms with Crippen molar-refractivity contribution in [1.29, 1.82) is 0 Å². The van der Waals surface area contributed by atoms with E-state index in [0.717, 1.165) is 25.7 Å². The van der Waals surface area contributed by atoms with Crippen LogP contribution in [0.5, 0.6) is 0 Å². The predicted molar refractivity (Wildman–Crippen MR) is 114 cm³/mol. The molecular formula is C19H34N2O5PS-. The number of carbonyl (C=O) groups excluding carboxylic acids is 1. The number of nitrogens with two attached hydrogens (primary N) is 1. The number of hydrogen-bond acceptors (Lipinski definition) is 5. The maximum Gasteiger partial charge on any atom is 0.251 e. The van der Waals surface area contributed by atoms with Gasteiger partial charge in [0, 0.05) is 17.3 Å². The Hall–Kier alpha value is -1.21. The molecule has 0 spiro atoms. The van der Waals surface area contributed by atoms with Gasteiger partial charge in [0.2, 0.25) is 10.0 Å². The summed E-state index contributed by atoms with van der Waals surface area (Å²) in [4.78, 5) is 12.0. The third-order valence-corrected chi connectivity index (χ3v) is 7.70. The number of rotatable bonds is 10. The molecule has 1 rings (SSSR count). The van der Waals surface area contributed by atoms with Crippen LogP contribution < -0.4 is 10.5 Å². The lowest BCUT2D eigenvalue weighted by molar-refractivity contribution is 0.0952. The molecule has 9 heteroatoms. The van der Waals surface area contributed by atoms with Crippen LogP contribution >= 0.6 is 7.37 Å². The third kappa shape index (κ3) is 8.86. The summed E-state index contributed by atoms with van der Waals surface area (Å²) in [5.41, 5.74) is 0.379. The van der Waals surface area contributed by atoms with Crippen LogP contribution in [-0.4, -0.2) is 32.6 Å². The molecule has 1 unspecified atom stereocenters. The smallest absolute Gasteiger partial charge is 0.251 e. The van der Waals surface area contributed by atoms with E-state index in [1.54, 1.807) is 0 Å². The number of nitrogens with one attached hydrogen (secondary N) is 1. The van der Waals surface area contributed by atoms with Gasteiger partial charge in [0.25, 0.3) is 5.91 Å². The Morgan fingerprint density at radius 1 is 1.14 bits per heavy atom. The molecule has 0 heterocycles. The van der Waals surface area contributed by atoms with Gasteiger partial charge in [0.15, 0.2) is 0 Å².